The SMILES string of the molecule is CN(C)c1ccc(/C=N/NC(=O)c2cccc(/C=C/C(=O)NO)c2)cc1. The highest BCUT2D eigenvalue weighted by molar-refractivity contribution is 5.96. The van der Waals surface area contributed by atoms with E-state index in [9.17, 15) is 9.59 Å². The van der Waals surface area contributed by atoms with Crippen LogP contribution in [0.3, 0.4) is 0 Å². The van der Waals surface area contributed by atoms with Crippen LogP contribution in [0, 0.1) is 0 Å². The number of carbonyl (C=O) groups is 2. The van der Waals surface area contributed by atoms with Gasteiger partial charge in [-0.05, 0) is 41.5 Å². The van der Waals surface area contributed by atoms with Crippen LogP contribution in [-0.2, 0) is 4.79 Å². The zero-order chi connectivity index (χ0) is 18.9. The Morgan fingerprint density at radius 1 is 1.08 bits per heavy atom. The van der Waals surface area contributed by atoms with Crippen molar-refractivity contribution in [2.45, 2.75) is 0 Å². The van der Waals surface area contributed by atoms with Crippen molar-refractivity contribution in [3.05, 3.63) is 71.3 Å². The summed E-state index contributed by atoms with van der Waals surface area (Å²) in [5.41, 5.74) is 6.94. The molecule has 0 fully saturated rings. The molecule has 0 heterocycles. The Morgan fingerprint density at radius 3 is 2.46 bits per heavy atom. The van der Waals surface area contributed by atoms with Gasteiger partial charge in [0.15, 0.2) is 0 Å². The summed E-state index contributed by atoms with van der Waals surface area (Å²) in [6, 6.07) is 14.4. The summed E-state index contributed by atoms with van der Waals surface area (Å²) in [5, 5.41) is 12.4. The molecule has 134 valence electrons. The van der Waals surface area contributed by atoms with Gasteiger partial charge in [-0.25, -0.2) is 10.9 Å². The van der Waals surface area contributed by atoms with Crippen LogP contribution in [0.1, 0.15) is 21.5 Å². The van der Waals surface area contributed by atoms with Gasteiger partial charge in [0.05, 0.1) is 6.21 Å². The highest BCUT2D eigenvalue weighted by Gasteiger charge is 2.04. The number of anilines is 1. The number of hydrogen-bond donors (Lipinski definition) is 3. The van der Waals surface area contributed by atoms with Gasteiger partial charge in [0.25, 0.3) is 11.8 Å². The predicted octanol–water partition coefficient (Wildman–Crippen LogP) is 2.04. The van der Waals surface area contributed by atoms with Gasteiger partial charge < -0.3 is 4.90 Å². The molecule has 0 bridgehead atoms. The molecule has 0 aromatic heterocycles. The molecular weight excluding hydrogens is 332 g/mol. The van der Waals surface area contributed by atoms with E-state index in [-0.39, 0.29) is 5.91 Å². The number of hydroxylamine groups is 1. The van der Waals surface area contributed by atoms with Crippen molar-refractivity contribution in [3.63, 3.8) is 0 Å². The molecule has 0 spiro atoms. The highest BCUT2D eigenvalue weighted by Crippen LogP contribution is 2.11. The van der Waals surface area contributed by atoms with E-state index in [1.807, 2.05) is 43.3 Å². The monoisotopic (exact) mass is 352 g/mol. The quantitative estimate of drug-likeness (QED) is 0.321. The normalized spacial score (nSPS) is 10.9. The first-order chi connectivity index (χ1) is 12.5. The number of hydrazone groups is 1. The number of hydrogen-bond acceptors (Lipinski definition) is 5. The Balaban J connectivity index is 1.99. The average Bonchev–Trinajstić information content (AvgIpc) is 2.66. The molecule has 3 N–H and O–H groups in total. The van der Waals surface area contributed by atoms with Crippen molar-refractivity contribution in [2.24, 2.45) is 5.10 Å². The Bertz CT molecular complexity index is 827. The highest BCUT2D eigenvalue weighted by atomic mass is 16.5. The van der Waals surface area contributed by atoms with Crippen LogP contribution in [0.25, 0.3) is 6.08 Å². The summed E-state index contributed by atoms with van der Waals surface area (Å²) >= 11 is 0. The van der Waals surface area contributed by atoms with E-state index in [1.54, 1.807) is 30.5 Å². The molecule has 0 saturated carbocycles. The molecule has 0 aliphatic rings. The molecule has 0 aliphatic carbocycles. The van der Waals surface area contributed by atoms with E-state index in [0.29, 0.717) is 11.1 Å². The van der Waals surface area contributed by atoms with Crippen molar-refractivity contribution in [1.29, 1.82) is 0 Å². The smallest absolute Gasteiger partial charge is 0.271 e. The summed E-state index contributed by atoms with van der Waals surface area (Å²) in [6.07, 6.45) is 4.21. The molecule has 2 aromatic rings. The van der Waals surface area contributed by atoms with Gasteiger partial charge in [-0.1, -0.05) is 24.3 Å². The van der Waals surface area contributed by atoms with Gasteiger partial charge in [-0.3, -0.25) is 14.8 Å². The Kier molecular flexibility index (Phi) is 6.64. The Hall–Kier alpha value is -3.45. The standard InChI is InChI=1S/C19H20N4O3/c1-23(2)17-9-6-15(7-10-17)13-20-21-19(25)16-5-3-4-14(12-16)8-11-18(24)22-26/h3-13,26H,1-2H3,(H,21,25)(H,22,24)/b11-8+,20-13+. The first kappa shape index (κ1) is 18.9. The van der Waals surface area contributed by atoms with Gasteiger partial charge in [0.2, 0.25) is 0 Å². The molecule has 0 aliphatic heterocycles. The number of amides is 2. The second kappa shape index (κ2) is 9.14. The molecule has 2 aromatic carbocycles. The van der Waals surface area contributed by atoms with Gasteiger partial charge >= 0.3 is 0 Å². The molecule has 2 rings (SSSR count). The van der Waals surface area contributed by atoms with Crippen molar-refractivity contribution in [1.82, 2.24) is 10.9 Å². The fraction of sp³-hybridized carbons (Fsp3) is 0.105. The minimum absolute atomic E-state index is 0.368. The maximum absolute atomic E-state index is 12.1. The Morgan fingerprint density at radius 2 is 1.81 bits per heavy atom. The fourth-order valence-electron chi connectivity index (χ4n) is 2.08. The summed E-state index contributed by atoms with van der Waals surface area (Å²) in [7, 11) is 3.92. The first-order valence-corrected chi connectivity index (χ1v) is 7.82. The van der Waals surface area contributed by atoms with Crippen molar-refractivity contribution in [2.75, 3.05) is 19.0 Å². The summed E-state index contributed by atoms with van der Waals surface area (Å²) in [5.74, 6) is -1.02. The second-order valence-electron chi connectivity index (χ2n) is 5.62. The zero-order valence-corrected chi connectivity index (χ0v) is 14.5. The number of benzene rings is 2. The lowest BCUT2D eigenvalue weighted by atomic mass is 10.1. The van der Waals surface area contributed by atoms with Crippen LogP contribution in [-0.4, -0.2) is 37.3 Å². The molecule has 0 atom stereocenters. The third kappa shape index (κ3) is 5.57. The first-order valence-electron chi connectivity index (χ1n) is 7.82. The third-order valence-corrected chi connectivity index (χ3v) is 3.48. The van der Waals surface area contributed by atoms with Crippen molar-refractivity contribution < 1.29 is 14.8 Å². The van der Waals surface area contributed by atoms with E-state index in [1.165, 1.54) is 11.6 Å². The molecule has 7 nitrogen and oxygen atoms in total. The molecule has 0 unspecified atom stereocenters. The largest absolute Gasteiger partial charge is 0.378 e. The number of nitrogens with zero attached hydrogens (tertiary/aromatic N) is 2. The maximum atomic E-state index is 12.1. The minimum atomic E-state index is -0.648. The van der Waals surface area contributed by atoms with Crippen LogP contribution < -0.4 is 15.8 Å². The number of carbonyl (C=O) groups excluding carboxylic acids is 2. The van der Waals surface area contributed by atoms with Crippen LogP contribution in [0.5, 0.6) is 0 Å². The van der Waals surface area contributed by atoms with Crippen LogP contribution >= 0.6 is 0 Å². The lowest BCUT2D eigenvalue weighted by molar-refractivity contribution is -0.124. The number of nitrogens with one attached hydrogen (secondary N) is 2. The lowest BCUT2D eigenvalue weighted by Crippen LogP contribution is -2.17. The van der Waals surface area contributed by atoms with Crippen LogP contribution in [0.15, 0.2) is 59.7 Å². The van der Waals surface area contributed by atoms with Gasteiger partial charge in [-0.15, -0.1) is 0 Å². The third-order valence-electron chi connectivity index (χ3n) is 3.48. The van der Waals surface area contributed by atoms with Crippen LogP contribution in [0.4, 0.5) is 5.69 Å². The Labute approximate surface area is 151 Å². The molecular formula is C19H20N4O3. The maximum Gasteiger partial charge on any atom is 0.271 e. The fourth-order valence-corrected chi connectivity index (χ4v) is 2.08. The topological polar surface area (TPSA) is 94.0 Å². The van der Waals surface area contributed by atoms with E-state index in [4.69, 9.17) is 5.21 Å². The van der Waals surface area contributed by atoms with Crippen LogP contribution in [0.2, 0.25) is 0 Å². The second-order valence-corrected chi connectivity index (χ2v) is 5.62. The lowest BCUT2D eigenvalue weighted by Gasteiger charge is -2.11. The van der Waals surface area contributed by atoms with Crippen molar-refractivity contribution >= 4 is 29.8 Å². The van der Waals surface area contributed by atoms with E-state index in [2.05, 4.69) is 10.5 Å². The van der Waals surface area contributed by atoms with Gasteiger partial charge in [0, 0.05) is 31.4 Å². The molecule has 0 saturated heterocycles. The van der Waals surface area contributed by atoms with Gasteiger partial charge in [-0.2, -0.15) is 5.10 Å². The summed E-state index contributed by atoms with van der Waals surface area (Å²) < 4.78 is 0. The average molecular weight is 352 g/mol. The van der Waals surface area contributed by atoms with Gasteiger partial charge in [0.1, 0.15) is 0 Å². The minimum Gasteiger partial charge on any atom is -0.378 e. The summed E-state index contributed by atoms with van der Waals surface area (Å²) in [4.78, 5) is 25.1. The molecule has 7 heteroatoms. The van der Waals surface area contributed by atoms with E-state index in [0.717, 1.165) is 17.3 Å². The van der Waals surface area contributed by atoms with E-state index >= 15 is 0 Å². The number of rotatable bonds is 6. The molecule has 2 amide bonds. The van der Waals surface area contributed by atoms with Crippen molar-refractivity contribution in [3.8, 4) is 0 Å². The summed E-state index contributed by atoms with van der Waals surface area (Å²) in [6.45, 7) is 0. The van der Waals surface area contributed by atoms with E-state index < -0.39 is 5.91 Å². The molecule has 26 heavy (non-hydrogen) atoms. The molecule has 0 radical (unpaired) electrons. The zero-order valence-electron chi connectivity index (χ0n) is 14.5. The predicted molar refractivity (Wildman–Crippen MR) is 101 cm³/mol.